The van der Waals surface area contributed by atoms with E-state index in [2.05, 4.69) is 25.0 Å². The molecule has 0 aliphatic carbocycles. The standard InChI is InChI=1S/C14H15N5OS/c1-9-11-12(16-8-17-13(11)20-18-9)19-6-3-2-4-10(19)14-15-5-7-21-14/h5,7-8,10H,2-4,6H2,1H3/t10-/m0/s1. The van der Waals surface area contributed by atoms with Crippen molar-refractivity contribution in [2.45, 2.75) is 32.2 Å². The quantitative estimate of drug-likeness (QED) is 0.724. The fraction of sp³-hybridized carbons (Fsp3) is 0.429. The number of piperidine rings is 1. The average Bonchev–Trinajstić information content (AvgIpc) is 3.18. The number of hydrogen-bond acceptors (Lipinski definition) is 7. The number of hydrogen-bond donors (Lipinski definition) is 0. The molecule has 108 valence electrons. The molecule has 1 atom stereocenters. The summed E-state index contributed by atoms with van der Waals surface area (Å²) in [6.07, 6.45) is 6.90. The first-order valence-corrected chi connectivity index (χ1v) is 7.95. The Labute approximate surface area is 125 Å². The van der Waals surface area contributed by atoms with Gasteiger partial charge in [0.15, 0.2) is 0 Å². The third-order valence-electron chi connectivity index (χ3n) is 3.93. The first-order valence-electron chi connectivity index (χ1n) is 7.07. The van der Waals surface area contributed by atoms with E-state index >= 15 is 0 Å². The molecule has 1 aliphatic heterocycles. The van der Waals surface area contributed by atoms with Gasteiger partial charge in [0.25, 0.3) is 5.71 Å². The summed E-state index contributed by atoms with van der Waals surface area (Å²) < 4.78 is 5.27. The number of anilines is 1. The number of thiazole rings is 1. The molecule has 4 rings (SSSR count). The highest BCUT2D eigenvalue weighted by Crippen LogP contribution is 2.38. The Hall–Kier alpha value is -2.02. The average molecular weight is 301 g/mol. The highest BCUT2D eigenvalue weighted by atomic mass is 32.1. The Kier molecular flexibility index (Phi) is 3.07. The van der Waals surface area contributed by atoms with Crippen LogP contribution in [0.5, 0.6) is 0 Å². The summed E-state index contributed by atoms with van der Waals surface area (Å²) in [6, 6.07) is 0.283. The minimum Gasteiger partial charge on any atom is -0.346 e. The van der Waals surface area contributed by atoms with Crippen LogP contribution >= 0.6 is 11.3 Å². The maximum Gasteiger partial charge on any atom is 0.263 e. The summed E-state index contributed by atoms with van der Waals surface area (Å²) >= 11 is 1.70. The Balaban J connectivity index is 1.83. The maximum absolute atomic E-state index is 5.27. The molecule has 6 nitrogen and oxygen atoms in total. The lowest BCUT2D eigenvalue weighted by Gasteiger charge is -2.35. The maximum atomic E-state index is 5.27. The van der Waals surface area contributed by atoms with Gasteiger partial charge in [-0.25, -0.2) is 9.97 Å². The molecule has 0 bridgehead atoms. The lowest BCUT2D eigenvalue weighted by Crippen LogP contribution is -2.34. The summed E-state index contributed by atoms with van der Waals surface area (Å²) in [4.78, 5) is 15.5. The Morgan fingerprint density at radius 3 is 3.10 bits per heavy atom. The van der Waals surface area contributed by atoms with Gasteiger partial charge in [-0.2, -0.15) is 4.98 Å². The van der Waals surface area contributed by atoms with Crippen LogP contribution in [0.25, 0.3) is 11.1 Å². The van der Waals surface area contributed by atoms with E-state index in [-0.39, 0.29) is 6.04 Å². The number of nitrogens with zero attached hydrogens (tertiary/aromatic N) is 5. The van der Waals surface area contributed by atoms with Gasteiger partial charge in [0, 0.05) is 18.1 Å². The Bertz CT molecular complexity index is 754. The van der Waals surface area contributed by atoms with Gasteiger partial charge in [-0.3, -0.25) is 0 Å². The molecule has 4 heterocycles. The van der Waals surface area contributed by atoms with E-state index in [1.54, 1.807) is 17.7 Å². The van der Waals surface area contributed by atoms with Gasteiger partial charge in [0.05, 0.1) is 11.7 Å². The van der Waals surface area contributed by atoms with Crippen molar-refractivity contribution >= 4 is 28.3 Å². The van der Waals surface area contributed by atoms with Gasteiger partial charge in [0.2, 0.25) is 0 Å². The predicted molar refractivity (Wildman–Crippen MR) is 80.4 cm³/mol. The van der Waals surface area contributed by atoms with Gasteiger partial charge < -0.3 is 9.42 Å². The van der Waals surface area contributed by atoms with Crippen LogP contribution < -0.4 is 4.90 Å². The van der Waals surface area contributed by atoms with E-state index < -0.39 is 0 Å². The van der Waals surface area contributed by atoms with Crippen LogP contribution in [0.2, 0.25) is 0 Å². The molecular weight excluding hydrogens is 286 g/mol. The molecule has 0 radical (unpaired) electrons. The van der Waals surface area contributed by atoms with Crippen molar-refractivity contribution < 1.29 is 4.52 Å². The van der Waals surface area contributed by atoms with Crippen molar-refractivity contribution in [2.24, 2.45) is 0 Å². The van der Waals surface area contributed by atoms with Crippen molar-refractivity contribution in [3.8, 4) is 0 Å². The third-order valence-corrected chi connectivity index (χ3v) is 4.81. The molecule has 21 heavy (non-hydrogen) atoms. The molecule has 0 spiro atoms. The van der Waals surface area contributed by atoms with Gasteiger partial charge >= 0.3 is 0 Å². The third kappa shape index (κ3) is 2.08. The topological polar surface area (TPSA) is 67.9 Å². The second-order valence-electron chi connectivity index (χ2n) is 5.22. The van der Waals surface area contributed by atoms with Crippen LogP contribution in [0.4, 0.5) is 5.82 Å². The SMILES string of the molecule is Cc1noc2ncnc(N3CCCC[C@H]3c3nccs3)c12. The highest BCUT2D eigenvalue weighted by Gasteiger charge is 2.29. The number of aromatic nitrogens is 4. The molecule has 1 fully saturated rings. The van der Waals surface area contributed by atoms with Crippen molar-refractivity contribution in [2.75, 3.05) is 11.4 Å². The van der Waals surface area contributed by atoms with Crippen LogP contribution in [0, 0.1) is 6.92 Å². The molecule has 0 aromatic carbocycles. The first kappa shape index (κ1) is 12.7. The molecule has 0 N–H and O–H groups in total. The fourth-order valence-electron chi connectivity index (χ4n) is 2.96. The molecule has 7 heteroatoms. The first-order chi connectivity index (χ1) is 10.3. The Morgan fingerprint density at radius 2 is 2.24 bits per heavy atom. The Morgan fingerprint density at radius 1 is 1.29 bits per heavy atom. The molecule has 0 saturated carbocycles. The van der Waals surface area contributed by atoms with Crippen molar-refractivity contribution in [3.63, 3.8) is 0 Å². The summed E-state index contributed by atoms with van der Waals surface area (Å²) in [5.41, 5.74) is 1.39. The molecular formula is C14H15N5OS. The molecule has 0 unspecified atom stereocenters. The normalized spacial score (nSPS) is 19.3. The van der Waals surface area contributed by atoms with Crippen molar-refractivity contribution in [1.29, 1.82) is 0 Å². The number of aryl methyl sites for hydroxylation is 1. The zero-order valence-corrected chi connectivity index (χ0v) is 12.5. The summed E-state index contributed by atoms with van der Waals surface area (Å²) in [7, 11) is 0. The van der Waals surface area contributed by atoms with E-state index in [1.807, 2.05) is 18.5 Å². The monoisotopic (exact) mass is 301 g/mol. The van der Waals surface area contributed by atoms with Crippen LogP contribution in [0.15, 0.2) is 22.4 Å². The molecule has 1 saturated heterocycles. The van der Waals surface area contributed by atoms with Gasteiger partial charge in [-0.1, -0.05) is 5.16 Å². The van der Waals surface area contributed by atoms with Crippen LogP contribution in [-0.2, 0) is 0 Å². The molecule has 3 aromatic rings. The fourth-order valence-corrected chi connectivity index (χ4v) is 3.75. The predicted octanol–water partition coefficient (Wildman–Crippen LogP) is 3.11. The van der Waals surface area contributed by atoms with Crippen LogP contribution in [0.3, 0.4) is 0 Å². The second-order valence-corrected chi connectivity index (χ2v) is 6.15. The van der Waals surface area contributed by atoms with Crippen molar-refractivity contribution in [1.82, 2.24) is 20.1 Å². The molecule has 3 aromatic heterocycles. The highest BCUT2D eigenvalue weighted by molar-refractivity contribution is 7.09. The van der Waals surface area contributed by atoms with Crippen LogP contribution in [-0.4, -0.2) is 26.7 Å². The minimum atomic E-state index is 0.283. The summed E-state index contributed by atoms with van der Waals surface area (Å²) in [5.74, 6) is 0.915. The summed E-state index contributed by atoms with van der Waals surface area (Å²) in [5, 5.41) is 8.12. The largest absolute Gasteiger partial charge is 0.346 e. The smallest absolute Gasteiger partial charge is 0.263 e. The van der Waals surface area contributed by atoms with Crippen LogP contribution in [0.1, 0.15) is 36.0 Å². The number of rotatable bonds is 2. The zero-order valence-electron chi connectivity index (χ0n) is 11.7. The van der Waals surface area contributed by atoms with Crippen molar-refractivity contribution in [3.05, 3.63) is 28.6 Å². The van der Waals surface area contributed by atoms with Gasteiger partial charge in [-0.05, 0) is 26.2 Å². The lowest BCUT2D eigenvalue weighted by molar-refractivity contribution is 0.442. The minimum absolute atomic E-state index is 0.283. The zero-order chi connectivity index (χ0) is 14.2. The van der Waals surface area contributed by atoms with E-state index in [0.717, 1.165) is 41.3 Å². The summed E-state index contributed by atoms with van der Waals surface area (Å²) in [6.45, 7) is 2.90. The lowest BCUT2D eigenvalue weighted by atomic mass is 10.0. The van der Waals surface area contributed by atoms with E-state index in [4.69, 9.17) is 4.52 Å². The van der Waals surface area contributed by atoms with Gasteiger partial charge in [-0.15, -0.1) is 11.3 Å². The van der Waals surface area contributed by atoms with E-state index in [0.29, 0.717) is 5.71 Å². The number of fused-ring (bicyclic) bond motifs is 1. The second kappa shape index (κ2) is 5.07. The molecule has 1 aliphatic rings. The molecule has 0 amide bonds. The van der Waals surface area contributed by atoms with E-state index in [1.165, 1.54) is 6.42 Å². The van der Waals surface area contributed by atoms with Gasteiger partial charge in [0.1, 0.15) is 22.5 Å². The van der Waals surface area contributed by atoms with E-state index in [9.17, 15) is 0 Å².